The van der Waals surface area contributed by atoms with Crippen molar-refractivity contribution in [2.24, 2.45) is 4.99 Å². The Morgan fingerprint density at radius 2 is 2.18 bits per heavy atom. The summed E-state index contributed by atoms with van der Waals surface area (Å²) in [5.41, 5.74) is 0.606. The van der Waals surface area contributed by atoms with E-state index in [0.717, 1.165) is 0 Å². The third-order valence-corrected chi connectivity index (χ3v) is 1.12. The maximum absolute atomic E-state index is 8.35. The highest BCUT2D eigenvalue weighted by atomic mass is 35.5. The second kappa shape index (κ2) is 5.70. The zero-order chi connectivity index (χ0) is 8.69. The van der Waals surface area contributed by atoms with Gasteiger partial charge in [0.25, 0.3) is 0 Å². The van der Waals surface area contributed by atoms with Crippen LogP contribution in [-0.2, 0) is 0 Å². The van der Waals surface area contributed by atoms with Gasteiger partial charge in [0.05, 0.1) is 6.07 Å². The molecule has 0 fully saturated rings. The molecule has 0 aromatic carbocycles. The molecule has 0 aliphatic carbocycles. The van der Waals surface area contributed by atoms with E-state index in [1.54, 1.807) is 32.2 Å². The van der Waals surface area contributed by atoms with Crippen molar-refractivity contribution in [3.05, 3.63) is 22.9 Å². The molecule has 0 aromatic rings. The summed E-state index contributed by atoms with van der Waals surface area (Å²) in [7, 11) is 0. The molecule has 58 valence electrons. The fraction of sp³-hybridized carbons (Fsp3) is 0.250. The fourth-order valence-corrected chi connectivity index (χ4v) is 0.558. The van der Waals surface area contributed by atoms with Crippen LogP contribution in [0.15, 0.2) is 27.9 Å². The second-order valence-electron chi connectivity index (χ2n) is 1.84. The average Bonchev–Trinajstić information content (AvgIpc) is 2.01. The van der Waals surface area contributed by atoms with Gasteiger partial charge in [-0.05, 0) is 26.0 Å². The van der Waals surface area contributed by atoms with Crippen LogP contribution in [0.4, 0.5) is 0 Å². The minimum Gasteiger partial charge on any atom is -0.249 e. The number of aliphatic imine (C=N–C) groups is 1. The summed E-state index contributed by atoms with van der Waals surface area (Å²) < 4.78 is 0. The van der Waals surface area contributed by atoms with Gasteiger partial charge in [-0.15, -0.1) is 0 Å². The second-order valence-corrected chi connectivity index (χ2v) is 2.23. The highest BCUT2D eigenvalue weighted by Gasteiger charge is 1.83. The lowest BCUT2D eigenvalue weighted by Gasteiger charge is -1.83. The van der Waals surface area contributed by atoms with Crippen molar-refractivity contribution in [2.75, 3.05) is 0 Å². The quantitative estimate of drug-likeness (QED) is 0.270. The zero-order valence-electron chi connectivity index (χ0n) is 6.50. The largest absolute Gasteiger partial charge is 0.249 e. The summed E-state index contributed by atoms with van der Waals surface area (Å²) in [6, 6.07) is 1.97. The first-order valence-corrected chi connectivity index (χ1v) is 3.51. The fourth-order valence-electron chi connectivity index (χ4n) is 0.397. The summed E-state index contributed by atoms with van der Waals surface area (Å²) in [6.07, 6.45) is 4.80. The van der Waals surface area contributed by atoms with Crippen LogP contribution >= 0.6 is 11.6 Å². The molecule has 0 bridgehead atoms. The van der Waals surface area contributed by atoms with E-state index in [0.29, 0.717) is 10.7 Å². The summed E-state index contributed by atoms with van der Waals surface area (Å²) in [4.78, 5) is 3.78. The van der Waals surface area contributed by atoms with Crippen LogP contribution in [0.5, 0.6) is 0 Å². The van der Waals surface area contributed by atoms with Gasteiger partial charge >= 0.3 is 0 Å². The van der Waals surface area contributed by atoms with Crippen LogP contribution in [0.3, 0.4) is 0 Å². The van der Waals surface area contributed by atoms with Crippen molar-refractivity contribution < 1.29 is 0 Å². The lowest BCUT2D eigenvalue weighted by atomic mass is 10.3. The molecule has 0 N–H and O–H groups in total. The summed E-state index contributed by atoms with van der Waals surface area (Å²) in [6.45, 7) is 3.48. The van der Waals surface area contributed by atoms with E-state index in [1.165, 1.54) is 0 Å². The van der Waals surface area contributed by atoms with E-state index in [1.807, 2.05) is 6.07 Å². The van der Waals surface area contributed by atoms with E-state index < -0.39 is 0 Å². The molecule has 0 saturated heterocycles. The molecule has 3 heteroatoms. The van der Waals surface area contributed by atoms with Crippen molar-refractivity contribution >= 4 is 17.8 Å². The highest BCUT2D eigenvalue weighted by Crippen LogP contribution is 2.03. The molecule has 0 aliphatic rings. The molecule has 0 spiro atoms. The predicted molar refractivity (Wildman–Crippen MR) is 47.5 cm³/mol. The summed E-state index contributed by atoms with van der Waals surface area (Å²) in [5, 5.41) is 8.73. The Kier molecular flexibility index (Phi) is 5.14. The van der Waals surface area contributed by atoms with E-state index in [4.69, 9.17) is 16.9 Å². The maximum atomic E-state index is 8.35. The number of allylic oxidation sites excluding steroid dienone is 3. The molecular formula is C8H9ClN2. The molecular weight excluding hydrogens is 160 g/mol. The van der Waals surface area contributed by atoms with Crippen LogP contribution < -0.4 is 0 Å². The number of nitrogens with zero attached hydrogens (tertiary/aromatic N) is 2. The number of hydrogen-bond donors (Lipinski definition) is 0. The molecule has 0 rings (SSSR count). The average molecular weight is 169 g/mol. The van der Waals surface area contributed by atoms with Gasteiger partial charge in [0.2, 0.25) is 0 Å². The van der Waals surface area contributed by atoms with Gasteiger partial charge in [-0.2, -0.15) is 5.26 Å². The Balaban J connectivity index is 4.25. The molecule has 0 radical (unpaired) electrons. The van der Waals surface area contributed by atoms with E-state index in [9.17, 15) is 0 Å². The van der Waals surface area contributed by atoms with Gasteiger partial charge in [-0.3, -0.25) is 0 Å². The highest BCUT2D eigenvalue weighted by molar-refractivity contribution is 6.29. The minimum atomic E-state index is 0.377. The smallest absolute Gasteiger partial charge is 0.128 e. The van der Waals surface area contributed by atoms with Gasteiger partial charge in [0.15, 0.2) is 0 Å². The van der Waals surface area contributed by atoms with Gasteiger partial charge in [-0.1, -0.05) is 11.6 Å². The molecule has 0 heterocycles. The molecule has 0 unspecified atom stereocenters. The van der Waals surface area contributed by atoms with Crippen LogP contribution in [0, 0.1) is 11.3 Å². The molecule has 0 saturated carbocycles. The van der Waals surface area contributed by atoms with Crippen molar-refractivity contribution in [2.45, 2.75) is 13.8 Å². The molecule has 0 aliphatic heterocycles. The van der Waals surface area contributed by atoms with Gasteiger partial charge in [0.1, 0.15) is 5.16 Å². The summed E-state index contributed by atoms with van der Waals surface area (Å²) in [5.74, 6) is 0. The standard InChI is InChI=1S/C8H9ClN2/c1-3-11-8(9)5-4-7(2)6-10/h3-5H,1-2H3/b7-4+,8-5-,11-3+. The number of nitriles is 1. The van der Waals surface area contributed by atoms with Crippen molar-refractivity contribution in [3.63, 3.8) is 0 Å². The minimum absolute atomic E-state index is 0.377. The Morgan fingerprint density at radius 1 is 1.55 bits per heavy atom. The van der Waals surface area contributed by atoms with Crippen molar-refractivity contribution in [1.29, 1.82) is 5.26 Å². The predicted octanol–water partition coefficient (Wildman–Crippen LogP) is 2.63. The Bertz CT molecular complexity index is 243. The Hall–Kier alpha value is -1.07. The molecule has 2 nitrogen and oxygen atoms in total. The van der Waals surface area contributed by atoms with E-state index in [2.05, 4.69) is 4.99 Å². The first kappa shape index (κ1) is 9.93. The van der Waals surface area contributed by atoms with Gasteiger partial charge in [-0.25, -0.2) is 4.99 Å². The van der Waals surface area contributed by atoms with Crippen molar-refractivity contribution in [3.8, 4) is 6.07 Å². The van der Waals surface area contributed by atoms with E-state index >= 15 is 0 Å². The number of hydrogen-bond acceptors (Lipinski definition) is 2. The molecule has 11 heavy (non-hydrogen) atoms. The van der Waals surface area contributed by atoms with Crippen LogP contribution in [-0.4, -0.2) is 6.21 Å². The lowest BCUT2D eigenvalue weighted by molar-refractivity contribution is 1.43. The van der Waals surface area contributed by atoms with Crippen LogP contribution in [0.2, 0.25) is 0 Å². The van der Waals surface area contributed by atoms with Gasteiger partial charge in [0, 0.05) is 11.8 Å². The molecule has 0 atom stereocenters. The normalized spacial score (nSPS) is 13.6. The topological polar surface area (TPSA) is 36.1 Å². The summed E-state index contributed by atoms with van der Waals surface area (Å²) >= 11 is 5.59. The van der Waals surface area contributed by atoms with Crippen LogP contribution in [0.1, 0.15) is 13.8 Å². The Morgan fingerprint density at radius 3 is 2.64 bits per heavy atom. The molecule has 0 amide bonds. The Labute approximate surface area is 71.5 Å². The monoisotopic (exact) mass is 168 g/mol. The number of rotatable bonds is 2. The third kappa shape index (κ3) is 5.38. The first-order chi connectivity index (χ1) is 5.20. The van der Waals surface area contributed by atoms with Crippen LogP contribution in [0.25, 0.3) is 0 Å². The zero-order valence-corrected chi connectivity index (χ0v) is 7.26. The molecule has 0 aromatic heterocycles. The van der Waals surface area contributed by atoms with Crippen molar-refractivity contribution in [1.82, 2.24) is 0 Å². The maximum Gasteiger partial charge on any atom is 0.128 e. The lowest BCUT2D eigenvalue weighted by Crippen LogP contribution is -1.67. The van der Waals surface area contributed by atoms with Gasteiger partial charge < -0.3 is 0 Å². The van der Waals surface area contributed by atoms with E-state index in [-0.39, 0.29) is 0 Å². The SMILES string of the molecule is C/C=N/C(Cl)=C\C=C(/C)C#N. The number of halogens is 1. The third-order valence-electron chi connectivity index (χ3n) is 0.900. The first-order valence-electron chi connectivity index (χ1n) is 3.13.